The first-order chi connectivity index (χ1) is 5.34. The number of hydrogen-bond acceptors (Lipinski definition) is 4. The summed E-state index contributed by atoms with van der Waals surface area (Å²) in [5, 5.41) is 8.95. The van der Waals surface area contributed by atoms with Crippen molar-refractivity contribution in [2.45, 2.75) is 0 Å². The molecule has 0 aliphatic heterocycles. The zero-order valence-corrected chi connectivity index (χ0v) is 6.14. The minimum atomic E-state index is 0.568. The van der Waals surface area contributed by atoms with Crippen molar-refractivity contribution in [2.75, 3.05) is 11.6 Å². The summed E-state index contributed by atoms with van der Waals surface area (Å²) in [6, 6.07) is 3.57. The molecule has 2 N–H and O–H groups in total. The Morgan fingerprint density at radius 1 is 1.73 bits per heavy atom. The van der Waals surface area contributed by atoms with Gasteiger partial charge >= 0.3 is 0 Å². The van der Waals surface area contributed by atoms with E-state index in [2.05, 4.69) is 16.8 Å². The Labute approximate surface area is 65.3 Å². The Morgan fingerprint density at radius 3 is 3.09 bits per heavy atom. The summed E-state index contributed by atoms with van der Waals surface area (Å²) in [5.74, 6) is 6.21. The maximum absolute atomic E-state index is 5.57. The lowest BCUT2D eigenvalue weighted by molar-refractivity contribution is 0.874. The molecule has 1 aromatic heterocycles. The highest BCUT2D eigenvalue weighted by Crippen LogP contribution is 2.01. The summed E-state index contributed by atoms with van der Waals surface area (Å²) in [5.41, 5.74) is 0. The van der Waals surface area contributed by atoms with Crippen molar-refractivity contribution < 1.29 is 0 Å². The van der Waals surface area contributed by atoms with Crippen LogP contribution in [0.3, 0.4) is 0 Å². The van der Waals surface area contributed by atoms with E-state index >= 15 is 0 Å². The van der Waals surface area contributed by atoms with E-state index in [4.69, 9.17) is 5.84 Å². The van der Waals surface area contributed by atoms with Crippen LogP contribution in [0, 0.1) is 0 Å². The van der Waals surface area contributed by atoms with Crippen LogP contribution in [0.2, 0.25) is 0 Å². The number of hydrazine groups is 1. The first kappa shape index (κ1) is 7.68. The average Bonchev–Trinajstić information content (AvgIpc) is 2.07. The molecule has 0 aliphatic carbocycles. The Hall–Kier alpha value is -1.42. The van der Waals surface area contributed by atoms with Gasteiger partial charge in [-0.25, -0.2) is 5.84 Å². The molecule has 1 heterocycles. The predicted molar refractivity (Wildman–Crippen MR) is 43.8 cm³/mol. The normalized spacial score (nSPS) is 9.18. The fraction of sp³-hybridized carbons (Fsp3) is 0.143. The average molecular weight is 150 g/mol. The molecule has 0 atom stereocenters. The van der Waals surface area contributed by atoms with Gasteiger partial charge in [0, 0.05) is 6.20 Å². The molecular weight excluding hydrogens is 140 g/mol. The molecule has 0 unspecified atom stereocenters. The van der Waals surface area contributed by atoms with Gasteiger partial charge in [0.15, 0.2) is 5.82 Å². The van der Waals surface area contributed by atoms with Gasteiger partial charge in [0.1, 0.15) is 0 Å². The zero-order valence-electron chi connectivity index (χ0n) is 6.14. The summed E-state index contributed by atoms with van der Waals surface area (Å²) >= 11 is 0. The smallest absolute Gasteiger partial charge is 0.165 e. The van der Waals surface area contributed by atoms with E-state index in [1.807, 2.05) is 0 Å². The summed E-state index contributed by atoms with van der Waals surface area (Å²) in [6.45, 7) is 4.12. The lowest BCUT2D eigenvalue weighted by atomic mass is 10.5. The topological polar surface area (TPSA) is 55.0 Å². The van der Waals surface area contributed by atoms with E-state index in [0.29, 0.717) is 12.4 Å². The standard InChI is InChI=1S/C7H10N4/c1-2-6-11(8)7-4-3-5-9-10-7/h2-5H,1,6,8H2. The second-order valence-corrected chi connectivity index (χ2v) is 2.02. The van der Waals surface area contributed by atoms with E-state index in [0.717, 1.165) is 0 Å². The van der Waals surface area contributed by atoms with Gasteiger partial charge in [-0.05, 0) is 12.1 Å². The van der Waals surface area contributed by atoms with Gasteiger partial charge in [0.25, 0.3) is 0 Å². The van der Waals surface area contributed by atoms with Crippen molar-refractivity contribution in [2.24, 2.45) is 5.84 Å². The van der Waals surface area contributed by atoms with Crippen LogP contribution in [-0.4, -0.2) is 16.7 Å². The van der Waals surface area contributed by atoms with Crippen molar-refractivity contribution in [1.29, 1.82) is 0 Å². The van der Waals surface area contributed by atoms with E-state index in [9.17, 15) is 0 Å². The van der Waals surface area contributed by atoms with E-state index < -0.39 is 0 Å². The highest BCUT2D eigenvalue weighted by molar-refractivity contribution is 5.34. The van der Waals surface area contributed by atoms with Gasteiger partial charge < -0.3 is 0 Å². The van der Waals surface area contributed by atoms with Crippen LogP contribution in [0.25, 0.3) is 0 Å². The van der Waals surface area contributed by atoms with Gasteiger partial charge in [0.2, 0.25) is 0 Å². The van der Waals surface area contributed by atoms with Crippen molar-refractivity contribution in [3.05, 3.63) is 31.0 Å². The van der Waals surface area contributed by atoms with E-state index in [1.54, 1.807) is 24.4 Å². The molecule has 0 amide bonds. The van der Waals surface area contributed by atoms with Crippen molar-refractivity contribution >= 4 is 5.82 Å². The van der Waals surface area contributed by atoms with Crippen LogP contribution >= 0.6 is 0 Å². The van der Waals surface area contributed by atoms with Gasteiger partial charge in [-0.15, -0.1) is 11.7 Å². The Balaban J connectivity index is 2.68. The number of anilines is 1. The number of hydrogen-bond donors (Lipinski definition) is 1. The Bertz CT molecular complexity index is 221. The van der Waals surface area contributed by atoms with Crippen LogP contribution in [0.4, 0.5) is 5.82 Å². The third kappa shape index (κ3) is 2.01. The molecule has 4 heteroatoms. The largest absolute Gasteiger partial charge is 0.290 e. The molecule has 0 aliphatic rings. The zero-order chi connectivity index (χ0) is 8.10. The second kappa shape index (κ2) is 3.68. The number of nitrogens with two attached hydrogens (primary N) is 1. The Kier molecular flexibility index (Phi) is 2.57. The minimum absolute atomic E-state index is 0.568. The van der Waals surface area contributed by atoms with E-state index in [-0.39, 0.29) is 0 Å². The van der Waals surface area contributed by atoms with Gasteiger partial charge in [-0.2, -0.15) is 5.10 Å². The van der Waals surface area contributed by atoms with E-state index in [1.165, 1.54) is 5.01 Å². The predicted octanol–water partition coefficient (Wildman–Crippen LogP) is 0.343. The van der Waals surface area contributed by atoms with Crippen LogP contribution in [0.1, 0.15) is 0 Å². The minimum Gasteiger partial charge on any atom is -0.290 e. The number of nitrogens with zero attached hydrogens (tertiary/aromatic N) is 3. The number of aromatic nitrogens is 2. The molecule has 0 aromatic carbocycles. The van der Waals surface area contributed by atoms with Crippen molar-refractivity contribution in [3.63, 3.8) is 0 Å². The maximum atomic E-state index is 5.57. The molecule has 58 valence electrons. The first-order valence-electron chi connectivity index (χ1n) is 3.25. The molecule has 11 heavy (non-hydrogen) atoms. The highest BCUT2D eigenvalue weighted by atomic mass is 15.4. The monoisotopic (exact) mass is 150 g/mol. The lowest BCUT2D eigenvalue weighted by Gasteiger charge is -2.13. The fourth-order valence-electron chi connectivity index (χ4n) is 0.679. The second-order valence-electron chi connectivity index (χ2n) is 2.02. The van der Waals surface area contributed by atoms with Gasteiger partial charge in [-0.3, -0.25) is 5.01 Å². The third-order valence-electron chi connectivity index (χ3n) is 1.18. The summed E-state index contributed by atoms with van der Waals surface area (Å²) in [6.07, 6.45) is 3.31. The first-order valence-corrected chi connectivity index (χ1v) is 3.25. The van der Waals surface area contributed by atoms with Crippen molar-refractivity contribution in [1.82, 2.24) is 10.2 Å². The van der Waals surface area contributed by atoms with Crippen LogP contribution in [0.15, 0.2) is 31.0 Å². The quantitative estimate of drug-likeness (QED) is 0.383. The maximum Gasteiger partial charge on any atom is 0.165 e. The molecule has 1 aromatic rings. The molecule has 0 spiro atoms. The molecule has 0 bridgehead atoms. The van der Waals surface area contributed by atoms with Crippen LogP contribution in [0.5, 0.6) is 0 Å². The van der Waals surface area contributed by atoms with Crippen molar-refractivity contribution in [3.8, 4) is 0 Å². The molecule has 0 fully saturated rings. The summed E-state index contributed by atoms with van der Waals surface area (Å²) < 4.78 is 0. The van der Waals surface area contributed by atoms with Crippen LogP contribution in [-0.2, 0) is 0 Å². The molecule has 0 radical (unpaired) electrons. The van der Waals surface area contributed by atoms with Gasteiger partial charge in [-0.1, -0.05) is 6.08 Å². The summed E-state index contributed by atoms with van der Waals surface area (Å²) in [4.78, 5) is 0. The molecule has 1 rings (SSSR count). The molecule has 4 nitrogen and oxygen atoms in total. The van der Waals surface area contributed by atoms with Gasteiger partial charge in [0.05, 0.1) is 6.54 Å². The van der Waals surface area contributed by atoms with Crippen LogP contribution < -0.4 is 10.9 Å². The highest BCUT2D eigenvalue weighted by Gasteiger charge is 1.97. The third-order valence-corrected chi connectivity index (χ3v) is 1.18. The number of rotatable bonds is 3. The molecule has 0 saturated carbocycles. The molecular formula is C7H10N4. The molecule has 0 saturated heterocycles. The summed E-state index contributed by atoms with van der Waals surface area (Å²) in [7, 11) is 0. The fourth-order valence-corrected chi connectivity index (χ4v) is 0.679. The lowest BCUT2D eigenvalue weighted by Crippen LogP contribution is -2.31. The Morgan fingerprint density at radius 2 is 2.55 bits per heavy atom. The SMILES string of the molecule is C=CCN(N)c1cccnn1.